The van der Waals surface area contributed by atoms with Gasteiger partial charge in [-0.2, -0.15) is 0 Å². The first-order valence-corrected chi connectivity index (χ1v) is 7.57. The summed E-state index contributed by atoms with van der Waals surface area (Å²) in [5, 5.41) is 3.34. The van der Waals surface area contributed by atoms with Crippen LogP contribution in [0.2, 0.25) is 0 Å². The van der Waals surface area contributed by atoms with Gasteiger partial charge in [-0.05, 0) is 18.8 Å². The fourth-order valence-corrected chi connectivity index (χ4v) is 2.98. The SMILES string of the molecule is CCC1CCCC(c2ncc(CNCCOC)[nH]2)C1. The van der Waals surface area contributed by atoms with Crippen LogP contribution >= 0.6 is 0 Å². The molecule has 0 saturated heterocycles. The third kappa shape index (κ3) is 4.32. The highest BCUT2D eigenvalue weighted by atomic mass is 16.5. The first-order valence-electron chi connectivity index (χ1n) is 7.57. The summed E-state index contributed by atoms with van der Waals surface area (Å²) in [5.41, 5.74) is 1.18. The van der Waals surface area contributed by atoms with Crippen LogP contribution in [0.15, 0.2) is 6.20 Å². The van der Waals surface area contributed by atoms with E-state index in [1.165, 1.54) is 43.6 Å². The lowest BCUT2D eigenvalue weighted by Crippen LogP contribution is -2.19. The maximum atomic E-state index is 5.02. The van der Waals surface area contributed by atoms with E-state index in [0.29, 0.717) is 5.92 Å². The summed E-state index contributed by atoms with van der Waals surface area (Å²) in [5.74, 6) is 2.74. The predicted molar refractivity (Wildman–Crippen MR) is 77.2 cm³/mol. The second kappa shape index (κ2) is 7.65. The standard InChI is InChI=1S/C15H27N3O/c1-3-12-5-4-6-13(9-12)15-17-11-14(18-15)10-16-7-8-19-2/h11-13,16H,3-10H2,1-2H3,(H,17,18). The van der Waals surface area contributed by atoms with Gasteiger partial charge in [0.05, 0.1) is 6.61 Å². The molecule has 1 aromatic rings. The molecule has 0 bridgehead atoms. The highest BCUT2D eigenvalue weighted by Crippen LogP contribution is 2.36. The Labute approximate surface area is 116 Å². The first kappa shape index (κ1) is 14.5. The molecule has 1 aliphatic rings. The number of aromatic nitrogens is 2. The van der Waals surface area contributed by atoms with E-state index < -0.39 is 0 Å². The van der Waals surface area contributed by atoms with Crippen LogP contribution in [-0.2, 0) is 11.3 Å². The molecule has 1 saturated carbocycles. The number of nitrogens with zero attached hydrogens (tertiary/aromatic N) is 1. The van der Waals surface area contributed by atoms with E-state index in [9.17, 15) is 0 Å². The summed E-state index contributed by atoms with van der Waals surface area (Å²) < 4.78 is 5.02. The van der Waals surface area contributed by atoms with Gasteiger partial charge in [-0.1, -0.05) is 26.2 Å². The number of ether oxygens (including phenoxy) is 1. The molecule has 1 aliphatic carbocycles. The maximum absolute atomic E-state index is 5.02. The van der Waals surface area contributed by atoms with Gasteiger partial charge in [-0.3, -0.25) is 0 Å². The van der Waals surface area contributed by atoms with Crippen molar-refractivity contribution in [3.8, 4) is 0 Å². The molecule has 0 aliphatic heterocycles. The molecule has 1 fully saturated rings. The van der Waals surface area contributed by atoms with Crippen LogP contribution in [0.25, 0.3) is 0 Å². The Morgan fingerprint density at radius 3 is 3.16 bits per heavy atom. The lowest BCUT2D eigenvalue weighted by molar-refractivity contribution is 0.199. The summed E-state index contributed by atoms with van der Waals surface area (Å²) >= 11 is 0. The topological polar surface area (TPSA) is 49.9 Å². The Kier molecular flexibility index (Phi) is 5.86. The molecule has 2 N–H and O–H groups in total. The van der Waals surface area contributed by atoms with Gasteiger partial charge in [0.25, 0.3) is 0 Å². The van der Waals surface area contributed by atoms with E-state index in [2.05, 4.69) is 22.2 Å². The van der Waals surface area contributed by atoms with Crippen LogP contribution < -0.4 is 5.32 Å². The summed E-state index contributed by atoms with van der Waals surface area (Å²) in [6.45, 7) is 4.79. The minimum atomic E-state index is 0.645. The molecule has 19 heavy (non-hydrogen) atoms. The minimum absolute atomic E-state index is 0.645. The van der Waals surface area contributed by atoms with Crippen molar-refractivity contribution >= 4 is 0 Å². The third-order valence-corrected chi connectivity index (χ3v) is 4.19. The van der Waals surface area contributed by atoms with Gasteiger partial charge in [0.15, 0.2) is 0 Å². The quantitative estimate of drug-likeness (QED) is 0.745. The van der Waals surface area contributed by atoms with Gasteiger partial charge in [-0.15, -0.1) is 0 Å². The van der Waals surface area contributed by atoms with Crippen LogP contribution in [0.5, 0.6) is 0 Å². The van der Waals surface area contributed by atoms with Gasteiger partial charge >= 0.3 is 0 Å². The molecule has 2 unspecified atom stereocenters. The maximum Gasteiger partial charge on any atom is 0.109 e. The van der Waals surface area contributed by atoms with E-state index in [-0.39, 0.29) is 0 Å². The van der Waals surface area contributed by atoms with Gasteiger partial charge in [0.1, 0.15) is 5.82 Å². The van der Waals surface area contributed by atoms with E-state index >= 15 is 0 Å². The van der Waals surface area contributed by atoms with Crippen molar-refractivity contribution in [2.45, 2.75) is 51.5 Å². The Morgan fingerprint density at radius 2 is 2.37 bits per heavy atom. The molecule has 4 nitrogen and oxygen atoms in total. The van der Waals surface area contributed by atoms with Gasteiger partial charge in [0, 0.05) is 38.0 Å². The predicted octanol–water partition coefficient (Wildman–Crippen LogP) is 2.83. The largest absolute Gasteiger partial charge is 0.383 e. The number of hydrogen-bond acceptors (Lipinski definition) is 3. The monoisotopic (exact) mass is 265 g/mol. The Morgan fingerprint density at radius 1 is 1.47 bits per heavy atom. The summed E-state index contributed by atoms with van der Waals surface area (Å²) in [6, 6.07) is 0. The van der Waals surface area contributed by atoms with E-state index in [1.807, 2.05) is 6.20 Å². The number of imidazole rings is 1. The molecule has 108 valence electrons. The number of hydrogen-bond donors (Lipinski definition) is 2. The molecule has 4 heteroatoms. The van der Waals surface area contributed by atoms with Crippen molar-refractivity contribution in [2.24, 2.45) is 5.92 Å². The van der Waals surface area contributed by atoms with Crippen molar-refractivity contribution in [2.75, 3.05) is 20.3 Å². The number of nitrogens with one attached hydrogen (secondary N) is 2. The molecule has 2 rings (SSSR count). The zero-order chi connectivity index (χ0) is 13.5. The number of aromatic amines is 1. The van der Waals surface area contributed by atoms with Crippen molar-refractivity contribution in [1.82, 2.24) is 15.3 Å². The molecule has 0 radical (unpaired) electrons. The molecule has 1 heterocycles. The highest BCUT2D eigenvalue weighted by Gasteiger charge is 2.23. The number of H-pyrrole nitrogens is 1. The molecule has 0 spiro atoms. The van der Waals surface area contributed by atoms with Gasteiger partial charge in [0.2, 0.25) is 0 Å². The molecule has 2 atom stereocenters. The van der Waals surface area contributed by atoms with Gasteiger partial charge in [-0.25, -0.2) is 4.98 Å². The fraction of sp³-hybridized carbons (Fsp3) is 0.800. The van der Waals surface area contributed by atoms with Crippen molar-refractivity contribution in [3.63, 3.8) is 0 Å². The lowest BCUT2D eigenvalue weighted by atomic mass is 9.80. The highest BCUT2D eigenvalue weighted by molar-refractivity contribution is 5.06. The molecule has 0 amide bonds. The van der Waals surface area contributed by atoms with Crippen molar-refractivity contribution in [1.29, 1.82) is 0 Å². The van der Waals surface area contributed by atoms with Crippen molar-refractivity contribution in [3.05, 3.63) is 17.7 Å². The van der Waals surface area contributed by atoms with Crippen LogP contribution in [-0.4, -0.2) is 30.2 Å². The van der Waals surface area contributed by atoms with Crippen molar-refractivity contribution < 1.29 is 4.74 Å². The van der Waals surface area contributed by atoms with E-state index in [1.54, 1.807) is 7.11 Å². The average Bonchev–Trinajstić information content (AvgIpc) is 2.92. The minimum Gasteiger partial charge on any atom is -0.383 e. The van der Waals surface area contributed by atoms with E-state index in [4.69, 9.17) is 4.74 Å². The van der Waals surface area contributed by atoms with Crippen LogP contribution in [0.4, 0.5) is 0 Å². The summed E-state index contributed by atoms with van der Waals surface area (Å²) in [6.07, 6.45) is 8.64. The Bertz CT molecular complexity index is 364. The smallest absolute Gasteiger partial charge is 0.109 e. The fourth-order valence-electron chi connectivity index (χ4n) is 2.98. The zero-order valence-corrected chi connectivity index (χ0v) is 12.2. The number of rotatable bonds is 7. The zero-order valence-electron chi connectivity index (χ0n) is 12.2. The van der Waals surface area contributed by atoms with Crippen LogP contribution in [0.3, 0.4) is 0 Å². The normalized spacial score (nSPS) is 23.7. The summed E-state index contributed by atoms with van der Waals surface area (Å²) in [4.78, 5) is 8.07. The second-order valence-electron chi connectivity index (χ2n) is 5.60. The molecular formula is C15H27N3O. The van der Waals surface area contributed by atoms with Crippen LogP contribution in [0, 0.1) is 5.92 Å². The Balaban J connectivity index is 1.82. The first-order chi connectivity index (χ1) is 9.33. The average molecular weight is 265 g/mol. The lowest BCUT2D eigenvalue weighted by Gasteiger charge is -2.27. The summed E-state index contributed by atoms with van der Waals surface area (Å²) in [7, 11) is 1.73. The molecular weight excluding hydrogens is 238 g/mol. The van der Waals surface area contributed by atoms with E-state index in [0.717, 1.165) is 25.6 Å². The molecule has 1 aromatic heterocycles. The molecule has 0 aromatic carbocycles. The number of methoxy groups -OCH3 is 1. The second-order valence-corrected chi connectivity index (χ2v) is 5.60. The Hall–Kier alpha value is -0.870. The van der Waals surface area contributed by atoms with Crippen LogP contribution in [0.1, 0.15) is 56.5 Å². The third-order valence-electron chi connectivity index (χ3n) is 4.19. The van der Waals surface area contributed by atoms with Gasteiger partial charge < -0.3 is 15.0 Å².